The second-order valence-electron chi connectivity index (χ2n) is 9.09. The van der Waals surface area contributed by atoms with E-state index in [2.05, 4.69) is 10.2 Å². The topological polar surface area (TPSA) is 87.7 Å². The smallest absolute Gasteiger partial charge is 0.273 e. The van der Waals surface area contributed by atoms with E-state index < -0.39 is 0 Å². The van der Waals surface area contributed by atoms with Crippen LogP contribution in [0.15, 0.2) is 60.7 Å². The molecule has 4 aromatic rings. The van der Waals surface area contributed by atoms with Crippen LogP contribution < -0.4 is 9.47 Å². The van der Waals surface area contributed by atoms with Crippen LogP contribution in [0, 0.1) is 13.8 Å². The number of rotatable bonds is 7. The monoisotopic (exact) mass is 483 g/mol. The van der Waals surface area contributed by atoms with Gasteiger partial charge in [-0.1, -0.05) is 42.5 Å². The number of nitrogens with zero attached hydrogens (tertiary/aromatic N) is 2. The molecule has 0 radical (unpaired) electrons. The second kappa shape index (κ2) is 9.41. The van der Waals surface area contributed by atoms with Crippen molar-refractivity contribution in [1.82, 2.24) is 15.1 Å². The lowest BCUT2D eigenvalue weighted by atomic mass is 9.94. The molecule has 0 aliphatic carbocycles. The minimum absolute atomic E-state index is 0.109. The number of nitrogens with one attached hydrogen (secondary N) is 1. The zero-order valence-electron chi connectivity index (χ0n) is 20.8. The molecule has 2 heterocycles. The maximum absolute atomic E-state index is 13.6. The first-order chi connectivity index (χ1) is 17.4. The zero-order valence-corrected chi connectivity index (χ0v) is 20.8. The molecule has 3 aromatic carbocycles. The molecule has 2 N–H and O–H groups in total. The van der Waals surface area contributed by atoms with Crippen molar-refractivity contribution in [1.29, 1.82) is 0 Å². The standard InChI is InChI=1S/C29H29N3O4/c1-17-14-18(2)28(33)21(15-17)25-24-26(31-30-25)29(34)32(27(24)20-8-6-5-7-9-20)13-12-19-10-11-22(35-3)23(16-19)36-4/h5-11,14-16,27,33H,12-13H2,1-4H3,(H,30,31). The van der Waals surface area contributed by atoms with E-state index in [9.17, 15) is 9.90 Å². The molecule has 36 heavy (non-hydrogen) atoms. The van der Waals surface area contributed by atoms with E-state index in [1.807, 2.05) is 79.4 Å². The summed E-state index contributed by atoms with van der Waals surface area (Å²) in [5.74, 6) is 1.39. The van der Waals surface area contributed by atoms with Crippen LogP contribution >= 0.6 is 0 Å². The Kier molecular flexibility index (Phi) is 6.14. The highest BCUT2D eigenvalue weighted by molar-refractivity contribution is 6.00. The number of benzene rings is 3. The normalized spacial score (nSPS) is 14.7. The summed E-state index contributed by atoms with van der Waals surface area (Å²) >= 11 is 0. The number of fused-ring (bicyclic) bond motifs is 1. The predicted molar refractivity (Wildman–Crippen MR) is 138 cm³/mol. The second-order valence-corrected chi connectivity index (χ2v) is 9.09. The Morgan fingerprint density at radius 2 is 1.75 bits per heavy atom. The third kappa shape index (κ3) is 3.96. The van der Waals surface area contributed by atoms with Crippen LogP contribution in [0.5, 0.6) is 17.2 Å². The van der Waals surface area contributed by atoms with Crippen molar-refractivity contribution in [2.75, 3.05) is 20.8 Å². The molecule has 1 aliphatic heterocycles. The number of aromatic amines is 1. The third-order valence-corrected chi connectivity index (χ3v) is 6.77. The van der Waals surface area contributed by atoms with Gasteiger partial charge in [0.15, 0.2) is 11.5 Å². The van der Waals surface area contributed by atoms with Gasteiger partial charge in [-0.05, 0) is 60.7 Å². The van der Waals surface area contributed by atoms with Crippen LogP contribution in [-0.2, 0) is 6.42 Å². The Bertz CT molecular complexity index is 1430. The summed E-state index contributed by atoms with van der Waals surface area (Å²) in [5, 5.41) is 18.4. The molecule has 1 atom stereocenters. The molecule has 0 spiro atoms. The van der Waals surface area contributed by atoms with E-state index in [0.717, 1.165) is 27.8 Å². The fraction of sp³-hybridized carbons (Fsp3) is 0.241. The fourth-order valence-corrected chi connectivity index (χ4v) is 5.04. The Balaban J connectivity index is 1.55. The van der Waals surface area contributed by atoms with Gasteiger partial charge in [0.25, 0.3) is 5.91 Å². The molecule has 0 saturated carbocycles. The summed E-state index contributed by atoms with van der Waals surface area (Å²) in [7, 11) is 3.22. The Hall–Kier alpha value is -4.26. The van der Waals surface area contributed by atoms with Crippen molar-refractivity contribution in [2.24, 2.45) is 0 Å². The SMILES string of the molecule is COc1ccc(CCN2C(=O)c3[nH]nc(-c4cc(C)cc(C)c4O)c3C2c2ccccc2)cc1OC. The van der Waals surface area contributed by atoms with Gasteiger partial charge in [0.05, 0.1) is 20.3 Å². The number of hydrogen-bond acceptors (Lipinski definition) is 5. The summed E-state index contributed by atoms with van der Waals surface area (Å²) in [5.41, 5.74) is 6.29. The Labute approximate surface area is 210 Å². The molecular weight excluding hydrogens is 454 g/mol. The van der Waals surface area contributed by atoms with E-state index in [1.165, 1.54) is 0 Å². The average molecular weight is 484 g/mol. The number of aromatic hydroxyl groups is 1. The maximum atomic E-state index is 13.6. The largest absolute Gasteiger partial charge is 0.507 e. The zero-order chi connectivity index (χ0) is 25.4. The highest BCUT2D eigenvalue weighted by Gasteiger charge is 2.42. The maximum Gasteiger partial charge on any atom is 0.273 e. The van der Waals surface area contributed by atoms with Gasteiger partial charge in [-0.25, -0.2) is 0 Å². The molecule has 0 fully saturated rings. The predicted octanol–water partition coefficient (Wildman–Crippen LogP) is 5.20. The number of carbonyl (C=O) groups excluding carboxylic acids is 1. The molecule has 1 aromatic heterocycles. The first-order valence-electron chi connectivity index (χ1n) is 11.9. The van der Waals surface area contributed by atoms with E-state index in [4.69, 9.17) is 9.47 Å². The van der Waals surface area contributed by atoms with Gasteiger partial charge < -0.3 is 19.5 Å². The van der Waals surface area contributed by atoms with E-state index in [1.54, 1.807) is 14.2 Å². The summed E-state index contributed by atoms with van der Waals surface area (Å²) in [6, 6.07) is 19.3. The van der Waals surface area contributed by atoms with Crippen LogP contribution in [0.3, 0.4) is 0 Å². The lowest BCUT2D eigenvalue weighted by Gasteiger charge is -2.26. The van der Waals surface area contributed by atoms with Crippen molar-refractivity contribution in [3.8, 4) is 28.5 Å². The molecule has 0 bridgehead atoms. The number of phenols is 1. The lowest BCUT2D eigenvalue weighted by molar-refractivity contribution is 0.0746. The number of amides is 1. The number of H-pyrrole nitrogens is 1. The molecule has 5 rings (SSSR count). The molecule has 1 aliphatic rings. The number of hydrogen-bond donors (Lipinski definition) is 2. The number of aryl methyl sites for hydroxylation is 2. The molecule has 184 valence electrons. The van der Waals surface area contributed by atoms with Gasteiger partial charge >= 0.3 is 0 Å². The van der Waals surface area contributed by atoms with Crippen molar-refractivity contribution in [2.45, 2.75) is 26.3 Å². The van der Waals surface area contributed by atoms with Crippen molar-refractivity contribution < 1.29 is 19.4 Å². The highest BCUT2D eigenvalue weighted by Crippen LogP contribution is 2.45. The lowest BCUT2D eigenvalue weighted by Crippen LogP contribution is -2.31. The average Bonchev–Trinajstić information content (AvgIpc) is 3.43. The van der Waals surface area contributed by atoms with Gasteiger partial charge in [0, 0.05) is 17.7 Å². The Morgan fingerprint density at radius 1 is 1.00 bits per heavy atom. The van der Waals surface area contributed by atoms with E-state index in [0.29, 0.717) is 41.4 Å². The number of ether oxygens (including phenoxy) is 2. The molecule has 0 saturated heterocycles. The summed E-state index contributed by atoms with van der Waals surface area (Å²) in [6.45, 7) is 4.35. The number of aromatic nitrogens is 2. The quantitative estimate of drug-likeness (QED) is 0.377. The minimum Gasteiger partial charge on any atom is -0.507 e. The van der Waals surface area contributed by atoms with Crippen LogP contribution in [0.25, 0.3) is 11.3 Å². The first kappa shape index (κ1) is 23.5. The summed E-state index contributed by atoms with van der Waals surface area (Å²) in [6.07, 6.45) is 0.636. The van der Waals surface area contributed by atoms with E-state index >= 15 is 0 Å². The van der Waals surface area contributed by atoms with Gasteiger partial charge in [0.1, 0.15) is 17.1 Å². The minimum atomic E-state index is -0.331. The van der Waals surface area contributed by atoms with Crippen molar-refractivity contribution >= 4 is 5.91 Å². The Morgan fingerprint density at radius 3 is 2.47 bits per heavy atom. The molecule has 7 heteroatoms. The van der Waals surface area contributed by atoms with E-state index in [-0.39, 0.29) is 17.7 Å². The van der Waals surface area contributed by atoms with Gasteiger partial charge in [0.2, 0.25) is 0 Å². The molecular formula is C29H29N3O4. The summed E-state index contributed by atoms with van der Waals surface area (Å²) in [4.78, 5) is 15.5. The van der Waals surface area contributed by atoms with Crippen molar-refractivity contribution in [3.63, 3.8) is 0 Å². The van der Waals surface area contributed by atoms with Crippen LogP contribution in [0.1, 0.15) is 44.3 Å². The van der Waals surface area contributed by atoms with Crippen LogP contribution in [-0.4, -0.2) is 46.9 Å². The van der Waals surface area contributed by atoms with Gasteiger partial charge in [-0.2, -0.15) is 5.10 Å². The first-order valence-corrected chi connectivity index (χ1v) is 11.9. The molecule has 1 amide bonds. The number of carbonyl (C=O) groups is 1. The van der Waals surface area contributed by atoms with Gasteiger partial charge in [-0.15, -0.1) is 0 Å². The summed E-state index contributed by atoms with van der Waals surface area (Å²) < 4.78 is 10.8. The van der Waals surface area contributed by atoms with Crippen molar-refractivity contribution in [3.05, 3.63) is 94.2 Å². The van der Waals surface area contributed by atoms with Crippen LogP contribution in [0.2, 0.25) is 0 Å². The molecule has 7 nitrogen and oxygen atoms in total. The molecule has 1 unspecified atom stereocenters. The number of phenolic OH excluding ortho intramolecular Hbond substituents is 1. The third-order valence-electron chi connectivity index (χ3n) is 6.77. The number of methoxy groups -OCH3 is 2. The highest BCUT2D eigenvalue weighted by atomic mass is 16.5. The fourth-order valence-electron chi connectivity index (χ4n) is 5.04. The van der Waals surface area contributed by atoms with Gasteiger partial charge in [-0.3, -0.25) is 9.89 Å². The van der Waals surface area contributed by atoms with Crippen LogP contribution in [0.4, 0.5) is 0 Å².